The van der Waals surface area contributed by atoms with Crippen LogP contribution in [0.4, 0.5) is 0 Å². The largest absolute Gasteiger partial charge is 0.374 e. The summed E-state index contributed by atoms with van der Waals surface area (Å²) in [5.41, 5.74) is 0. The van der Waals surface area contributed by atoms with Crippen molar-refractivity contribution in [1.29, 1.82) is 0 Å². The summed E-state index contributed by atoms with van der Waals surface area (Å²) in [5, 5.41) is 3.38. The van der Waals surface area contributed by atoms with Gasteiger partial charge in [0, 0.05) is 22.8 Å². The molecular formula is C12H20N2OS. The minimum atomic E-state index is 0.266. The van der Waals surface area contributed by atoms with E-state index in [2.05, 4.69) is 36.3 Å². The van der Waals surface area contributed by atoms with Crippen molar-refractivity contribution in [3.63, 3.8) is 0 Å². The van der Waals surface area contributed by atoms with E-state index in [4.69, 9.17) is 4.74 Å². The molecule has 2 heterocycles. The van der Waals surface area contributed by atoms with Crippen molar-refractivity contribution < 1.29 is 4.74 Å². The Morgan fingerprint density at radius 3 is 2.94 bits per heavy atom. The van der Waals surface area contributed by atoms with Crippen LogP contribution >= 0.6 is 11.3 Å². The predicted molar refractivity (Wildman–Crippen MR) is 68.1 cm³/mol. The standard InChI is InChI=1S/C12H20N2OS/c1-9-4-5-11(16-9)12(13-2)10-8-14(3)6-7-15-10/h4-5,10,12-13H,6-8H2,1-3H3. The highest BCUT2D eigenvalue weighted by molar-refractivity contribution is 7.12. The van der Waals surface area contributed by atoms with E-state index < -0.39 is 0 Å². The number of aryl methyl sites for hydroxylation is 1. The first-order chi connectivity index (χ1) is 7.70. The maximum Gasteiger partial charge on any atom is 0.0904 e. The molecule has 3 nitrogen and oxygen atoms in total. The number of thiophene rings is 1. The number of likely N-dealkylation sites (N-methyl/N-ethyl adjacent to an activating group) is 2. The molecule has 0 saturated carbocycles. The van der Waals surface area contributed by atoms with Crippen LogP contribution in [0.15, 0.2) is 12.1 Å². The summed E-state index contributed by atoms with van der Waals surface area (Å²) < 4.78 is 5.87. The lowest BCUT2D eigenvalue weighted by atomic mass is 10.1. The third-order valence-electron chi connectivity index (χ3n) is 3.05. The third kappa shape index (κ3) is 2.63. The molecule has 2 rings (SSSR count). The molecular weight excluding hydrogens is 220 g/mol. The number of nitrogens with one attached hydrogen (secondary N) is 1. The van der Waals surface area contributed by atoms with Crippen LogP contribution in [-0.4, -0.2) is 44.8 Å². The number of rotatable bonds is 3. The number of nitrogens with zero attached hydrogens (tertiary/aromatic N) is 1. The zero-order valence-corrected chi connectivity index (χ0v) is 11.0. The van der Waals surface area contributed by atoms with Gasteiger partial charge in [-0.2, -0.15) is 0 Å². The van der Waals surface area contributed by atoms with Gasteiger partial charge in [0.2, 0.25) is 0 Å². The van der Waals surface area contributed by atoms with Crippen molar-refractivity contribution in [3.8, 4) is 0 Å². The van der Waals surface area contributed by atoms with Crippen LogP contribution in [0.2, 0.25) is 0 Å². The van der Waals surface area contributed by atoms with Crippen molar-refractivity contribution in [2.75, 3.05) is 33.8 Å². The molecule has 16 heavy (non-hydrogen) atoms. The van der Waals surface area contributed by atoms with E-state index >= 15 is 0 Å². The molecule has 4 heteroatoms. The highest BCUT2D eigenvalue weighted by atomic mass is 32.1. The van der Waals surface area contributed by atoms with Gasteiger partial charge in [0.15, 0.2) is 0 Å². The summed E-state index contributed by atoms with van der Waals surface area (Å²) in [5.74, 6) is 0. The van der Waals surface area contributed by atoms with Crippen molar-refractivity contribution in [2.24, 2.45) is 0 Å². The SMILES string of the molecule is CNC(c1ccc(C)s1)C1CN(C)CCO1. The maximum atomic E-state index is 5.87. The minimum Gasteiger partial charge on any atom is -0.374 e. The molecule has 2 unspecified atom stereocenters. The fourth-order valence-corrected chi connectivity index (χ4v) is 3.19. The Balaban J connectivity index is 2.09. The second-order valence-corrected chi connectivity index (χ2v) is 5.71. The van der Waals surface area contributed by atoms with Crippen LogP contribution in [0.5, 0.6) is 0 Å². The van der Waals surface area contributed by atoms with E-state index in [9.17, 15) is 0 Å². The van der Waals surface area contributed by atoms with Gasteiger partial charge in [0.1, 0.15) is 0 Å². The fourth-order valence-electron chi connectivity index (χ4n) is 2.14. The van der Waals surface area contributed by atoms with E-state index in [1.54, 1.807) is 0 Å². The lowest BCUT2D eigenvalue weighted by Crippen LogP contribution is -2.45. The molecule has 1 saturated heterocycles. The lowest BCUT2D eigenvalue weighted by Gasteiger charge is -2.34. The lowest BCUT2D eigenvalue weighted by molar-refractivity contribution is -0.0374. The number of hydrogen-bond donors (Lipinski definition) is 1. The molecule has 0 aromatic carbocycles. The van der Waals surface area contributed by atoms with Gasteiger partial charge in [0.05, 0.1) is 18.8 Å². The molecule has 0 spiro atoms. The molecule has 0 amide bonds. The molecule has 1 fully saturated rings. The van der Waals surface area contributed by atoms with Gasteiger partial charge in [-0.1, -0.05) is 0 Å². The topological polar surface area (TPSA) is 24.5 Å². The first-order valence-corrected chi connectivity index (χ1v) is 6.56. The Morgan fingerprint density at radius 1 is 1.56 bits per heavy atom. The monoisotopic (exact) mass is 240 g/mol. The Kier molecular flexibility index (Phi) is 3.97. The molecule has 1 aliphatic heterocycles. The quantitative estimate of drug-likeness (QED) is 0.869. The summed E-state index contributed by atoms with van der Waals surface area (Å²) >= 11 is 1.85. The summed E-state index contributed by atoms with van der Waals surface area (Å²) in [6.07, 6.45) is 0.266. The van der Waals surface area contributed by atoms with Crippen LogP contribution in [0, 0.1) is 6.92 Å². The first kappa shape index (κ1) is 12.0. The number of ether oxygens (including phenoxy) is 1. The average molecular weight is 240 g/mol. The van der Waals surface area contributed by atoms with Gasteiger partial charge in [-0.05, 0) is 33.2 Å². The van der Waals surface area contributed by atoms with E-state index in [0.29, 0.717) is 6.04 Å². The van der Waals surface area contributed by atoms with Gasteiger partial charge in [-0.25, -0.2) is 0 Å². The van der Waals surface area contributed by atoms with E-state index in [0.717, 1.165) is 19.7 Å². The Hall–Kier alpha value is -0.420. The molecule has 1 aliphatic rings. The van der Waals surface area contributed by atoms with Crippen molar-refractivity contribution in [1.82, 2.24) is 10.2 Å². The van der Waals surface area contributed by atoms with Crippen LogP contribution in [0.1, 0.15) is 15.8 Å². The molecule has 0 aliphatic carbocycles. The van der Waals surface area contributed by atoms with Gasteiger partial charge in [-0.3, -0.25) is 0 Å². The van der Waals surface area contributed by atoms with Gasteiger partial charge >= 0.3 is 0 Å². The second-order valence-electron chi connectivity index (χ2n) is 4.39. The molecule has 1 aromatic heterocycles. The summed E-state index contributed by atoms with van der Waals surface area (Å²) in [6, 6.07) is 4.71. The highest BCUT2D eigenvalue weighted by Gasteiger charge is 2.27. The van der Waals surface area contributed by atoms with Crippen LogP contribution < -0.4 is 5.32 Å². The normalized spacial score (nSPS) is 24.6. The van der Waals surface area contributed by atoms with Crippen LogP contribution in [0.25, 0.3) is 0 Å². The highest BCUT2D eigenvalue weighted by Crippen LogP contribution is 2.27. The van der Waals surface area contributed by atoms with Gasteiger partial charge in [0.25, 0.3) is 0 Å². The van der Waals surface area contributed by atoms with E-state index in [-0.39, 0.29) is 6.10 Å². The molecule has 90 valence electrons. The average Bonchev–Trinajstić information content (AvgIpc) is 2.66. The maximum absolute atomic E-state index is 5.87. The summed E-state index contributed by atoms with van der Waals surface area (Å²) in [7, 11) is 4.17. The third-order valence-corrected chi connectivity index (χ3v) is 4.13. The molecule has 1 N–H and O–H groups in total. The number of morpholine rings is 1. The summed E-state index contributed by atoms with van der Waals surface area (Å²) in [4.78, 5) is 5.07. The van der Waals surface area contributed by atoms with Gasteiger partial charge in [-0.15, -0.1) is 11.3 Å². The molecule has 0 radical (unpaired) electrons. The minimum absolute atomic E-state index is 0.266. The second kappa shape index (κ2) is 5.27. The van der Waals surface area contributed by atoms with E-state index in [1.165, 1.54) is 9.75 Å². The van der Waals surface area contributed by atoms with Crippen LogP contribution in [0.3, 0.4) is 0 Å². The first-order valence-electron chi connectivity index (χ1n) is 5.74. The Labute approximate surface area is 101 Å². The Morgan fingerprint density at radius 2 is 2.38 bits per heavy atom. The van der Waals surface area contributed by atoms with Crippen molar-refractivity contribution in [2.45, 2.75) is 19.1 Å². The molecule has 0 bridgehead atoms. The fraction of sp³-hybridized carbons (Fsp3) is 0.667. The smallest absolute Gasteiger partial charge is 0.0904 e. The van der Waals surface area contributed by atoms with Gasteiger partial charge < -0.3 is 15.0 Å². The zero-order valence-electron chi connectivity index (χ0n) is 10.2. The number of hydrogen-bond acceptors (Lipinski definition) is 4. The summed E-state index contributed by atoms with van der Waals surface area (Å²) in [6.45, 7) is 5.03. The zero-order chi connectivity index (χ0) is 11.5. The van der Waals surface area contributed by atoms with Crippen molar-refractivity contribution in [3.05, 3.63) is 21.9 Å². The van der Waals surface area contributed by atoms with Crippen molar-refractivity contribution >= 4 is 11.3 Å². The molecule has 2 atom stereocenters. The Bertz CT molecular complexity index is 340. The van der Waals surface area contributed by atoms with E-state index in [1.807, 2.05) is 18.4 Å². The van der Waals surface area contributed by atoms with Crippen LogP contribution in [-0.2, 0) is 4.74 Å². The predicted octanol–water partition coefficient (Wildman–Crippen LogP) is 1.65. The molecule has 1 aromatic rings.